The van der Waals surface area contributed by atoms with Gasteiger partial charge in [0.05, 0.1) is 6.04 Å². The molecule has 0 aliphatic heterocycles. The van der Waals surface area contributed by atoms with E-state index < -0.39 is 47.9 Å². The number of aliphatic carboxylic acids is 1. The van der Waals surface area contributed by atoms with Gasteiger partial charge in [0.25, 0.3) is 0 Å². The third-order valence-electron chi connectivity index (χ3n) is 5.88. The summed E-state index contributed by atoms with van der Waals surface area (Å²) in [5.74, 6) is -3.37. The van der Waals surface area contributed by atoms with Gasteiger partial charge in [-0.3, -0.25) is 19.4 Å². The maximum atomic E-state index is 13.2. The minimum Gasteiger partial charge on any atom is -0.508 e. The van der Waals surface area contributed by atoms with Crippen LogP contribution in [-0.2, 0) is 25.6 Å². The Morgan fingerprint density at radius 1 is 0.897 bits per heavy atom. The lowest BCUT2D eigenvalue weighted by molar-refractivity contribution is -0.142. The summed E-state index contributed by atoms with van der Waals surface area (Å²) in [7, 11) is 0. The molecule has 0 saturated heterocycles. The first-order valence-electron chi connectivity index (χ1n) is 12.9. The normalized spacial score (nSPS) is 14.1. The number of phenolic OH excluding ortho intramolecular Hbond substituents is 1. The van der Waals surface area contributed by atoms with Crippen LogP contribution < -0.4 is 33.2 Å². The van der Waals surface area contributed by atoms with Crippen molar-refractivity contribution >= 4 is 29.7 Å². The van der Waals surface area contributed by atoms with Gasteiger partial charge in [0, 0.05) is 6.54 Å². The van der Waals surface area contributed by atoms with Crippen molar-refractivity contribution in [2.24, 2.45) is 34.0 Å². The monoisotopic (exact) mass is 549 g/mol. The van der Waals surface area contributed by atoms with Crippen LogP contribution in [0.3, 0.4) is 0 Å². The number of carbonyl (C=O) groups is 4. The standard InChI is InChI=1S/C26H43N7O6/c1-14(2)12-20(23(36)31-19(25(38)39)6-5-11-30-26(28)29)32-24(37)21(15(3)4)33-22(35)18(27)13-16-7-9-17(34)10-8-16/h7-10,14-15,18-21,34H,5-6,11-13,27H2,1-4H3,(H,31,36)(H,32,37)(H,33,35)(H,38,39)(H4,28,29,30). The molecule has 0 aromatic heterocycles. The molecule has 1 aromatic carbocycles. The number of rotatable bonds is 16. The summed E-state index contributed by atoms with van der Waals surface area (Å²) in [5.41, 5.74) is 17.3. The molecule has 0 radical (unpaired) electrons. The SMILES string of the molecule is CC(C)CC(NC(=O)C(NC(=O)C(N)Cc1ccc(O)cc1)C(C)C)C(=O)NC(CCCN=C(N)N)C(=O)O. The Morgan fingerprint density at radius 3 is 2.00 bits per heavy atom. The van der Waals surface area contributed by atoms with Crippen LogP contribution >= 0.6 is 0 Å². The topological polar surface area (TPSA) is 235 Å². The average molecular weight is 550 g/mol. The first-order chi connectivity index (χ1) is 18.2. The molecule has 218 valence electrons. The van der Waals surface area contributed by atoms with E-state index in [1.165, 1.54) is 12.1 Å². The van der Waals surface area contributed by atoms with Crippen LogP contribution in [0.15, 0.2) is 29.3 Å². The number of guanidine groups is 1. The minimum atomic E-state index is -1.22. The van der Waals surface area contributed by atoms with Crippen molar-refractivity contribution in [3.8, 4) is 5.75 Å². The Bertz CT molecular complexity index is 993. The predicted molar refractivity (Wildman–Crippen MR) is 147 cm³/mol. The molecule has 3 amide bonds. The highest BCUT2D eigenvalue weighted by Gasteiger charge is 2.32. The van der Waals surface area contributed by atoms with Gasteiger partial charge < -0.3 is 43.4 Å². The molecule has 0 aliphatic carbocycles. The van der Waals surface area contributed by atoms with E-state index in [9.17, 15) is 29.4 Å². The van der Waals surface area contributed by atoms with Crippen LogP contribution in [0.5, 0.6) is 5.75 Å². The summed E-state index contributed by atoms with van der Waals surface area (Å²) < 4.78 is 0. The molecular weight excluding hydrogens is 506 g/mol. The van der Waals surface area contributed by atoms with Crippen molar-refractivity contribution in [1.82, 2.24) is 16.0 Å². The van der Waals surface area contributed by atoms with E-state index in [2.05, 4.69) is 20.9 Å². The van der Waals surface area contributed by atoms with Crippen molar-refractivity contribution in [2.75, 3.05) is 6.54 Å². The number of phenols is 1. The summed E-state index contributed by atoms with van der Waals surface area (Å²) in [6.45, 7) is 7.41. The fourth-order valence-electron chi connectivity index (χ4n) is 3.77. The zero-order valence-electron chi connectivity index (χ0n) is 23.0. The van der Waals surface area contributed by atoms with Gasteiger partial charge >= 0.3 is 5.97 Å². The zero-order valence-corrected chi connectivity index (χ0v) is 23.0. The molecule has 13 heteroatoms. The summed E-state index contributed by atoms with van der Waals surface area (Å²) >= 11 is 0. The number of hydrogen-bond acceptors (Lipinski definition) is 7. The van der Waals surface area contributed by atoms with Crippen LogP contribution in [0.4, 0.5) is 0 Å². The summed E-state index contributed by atoms with van der Waals surface area (Å²) in [6, 6.07) is 2.11. The van der Waals surface area contributed by atoms with Gasteiger partial charge in [0.15, 0.2) is 5.96 Å². The third-order valence-corrected chi connectivity index (χ3v) is 5.88. The van der Waals surface area contributed by atoms with Crippen molar-refractivity contribution < 1.29 is 29.4 Å². The Labute approximate surface area is 229 Å². The number of nitrogens with zero attached hydrogens (tertiary/aromatic N) is 1. The fourth-order valence-corrected chi connectivity index (χ4v) is 3.77. The molecule has 0 fully saturated rings. The van der Waals surface area contributed by atoms with Crippen LogP contribution in [0, 0.1) is 11.8 Å². The van der Waals surface area contributed by atoms with Crippen LogP contribution in [-0.4, -0.2) is 70.6 Å². The quantitative estimate of drug-likeness (QED) is 0.0756. The number of hydrogen-bond donors (Lipinski definition) is 8. The molecular formula is C26H43N7O6. The predicted octanol–water partition coefficient (Wildman–Crippen LogP) is -0.443. The van der Waals surface area contributed by atoms with E-state index in [0.29, 0.717) is 6.42 Å². The minimum absolute atomic E-state index is 0.00276. The van der Waals surface area contributed by atoms with Gasteiger partial charge in [-0.15, -0.1) is 0 Å². The van der Waals surface area contributed by atoms with E-state index in [1.807, 2.05) is 13.8 Å². The van der Waals surface area contributed by atoms with Crippen molar-refractivity contribution in [3.05, 3.63) is 29.8 Å². The highest BCUT2D eigenvalue weighted by Crippen LogP contribution is 2.12. The number of carboxylic acids is 1. The Kier molecular flexibility index (Phi) is 13.7. The molecule has 0 spiro atoms. The number of aromatic hydroxyl groups is 1. The number of nitrogens with two attached hydrogens (primary N) is 3. The molecule has 13 nitrogen and oxygen atoms in total. The second-order valence-corrected chi connectivity index (χ2v) is 10.2. The molecule has 0 aliphatic rings. The molecule has 1 aromatic rings. The van der Waals surface area contributed by atoms with Gasteiger partial charge in [-0.25, -0.2) is 4.79 Å². The highest BCUT2D eigenvalue weighted by molar-refractivity contribution is 5.94. The second-order valence-electron chi connectivity index (χ2n) is 10.2. The lowest BCUT2D eigenvalue weighted by atomic mass is 9.98. The Morgan fingerprint density at radius 2 is 1.49 bits per heavy atom. The number of aliphatic imine (C=N–C) groups is 1. The van der Waals surface area contributed by atoms with Crippen molar-refractivity contribution in [3.63, 3.8) is 0 Å². The molecule has 0 bridgehead atoms. The second kappa shape index (κ2) is 16.2. The van der Waals surface area contributed by atoms with Gasteiger partial charge in [-0.1, -0.05) is 39.8 Å². The van der Waals surface area contributed by atoms with E-state index >= 15 is 0 Å². The number of nitrogens with one attached hydrogen (secondary N) is 3. The summed E-state index contributed by atoms with van der Waals surface area (Å²) in [6.07, 6.45) is 0.847. The van der Waals surface area contributed by atoms with Gasteiger partial charge in [-0.2, -0.15) is 0 Å². The average Bonchev–Trinajstić information content (AvgIpc) is 2.84. The number of carboxylic acid groups (broad SMARTS) is 1. The molecule has 4 atom stereocenters. The number of carbonyl (C=O) groups excluding carboxylic acids is 3. The van der Waals surface area contributed by atoms with E-state index in [4.69, 9.17) is 17.2 Å². The first-order valence-corrected chi connectivity index (χ1v) is 12.9. The van der Waals surface area contributed by atoms with Crippen LogP contribution in [0.1, 0.15) is 52.5 Å². The Hall–Kier alpha value is -3.87. The first kappa shape index (κ1) is 33.2. The Balaban J connectivity index is 2.90. The van der Waals surface area contributed by atoms with Crippen LogP contribution in [0.2, 0.25) is 0 Å². The van der Waals surface area contributed by atoms with Crippen molar-refractivity contribution in [2.45, 2.75) is 77.5 Å². The molecule has 39 heavy (non-hydrogen) atoms. The molecule has 11 N–H and O–H groups in total. The van der Waals surface area contributed by atoms with Gasteiger partial charge in [0.1, 0.15) is 23.9 Å². The van der Waals surface area contributed by atoms with E-state index in [1.54, 1.807) is 26.0 Å². The third kappa shape index (κ3) is 12.5. The number of amides is 3. The molecule has 4 unspecified atom stereocenters. The fraction of sp³-hybridized carbons (Fsp3) is 0.577. The highest BCUT2D eigenvalue weighted by atomic mass is 16.4. The number of benzene rings is 1. The maximum Gasteiger partial charge on any atom is 0.326 e. The van der Waals surface area contributed by atoms with E-state index in [-0.39, 0.29) is 49.4 Å². The molecule has 1 rings (SSSR count). The van der Waals surface area contributed by atoms with E-state index in [0.717, 1.165) is 5.56 Å². The lowest BCUT2D eigenvalue weighted by Gasteiger charge is -2.27. The lowest BCUT2D eigenvalue weighted by Crippen LogP contribution is -2.58. The van der Waals surface area contributed by atoms with Gasteiger partial charge in [0.2, 0.25) is 17.7 Å². The maximum absolute atomic E-state index is 13.2. The van der Waals surface area contributed by atoms with Crippen molar-refractivity contribution in [1.29, 1.82) is 0 Å². The summed E-state index contributed by atoms with van der Waals surface area (Å²) in [4.78, 5) is 54.5. The van der Waals surface area contributed by atoms with Gasteiger partial charge in [-0.05, 0) is 55.2 Å². The largest absolute Gasteiger partial charge is 0.508 e. The zero-order chi connectivity index (χ0) is 29.7. The summed E-state index contributed by atoms with van der Waals surface area (Å²) in [5, 5.41) is 26.8. The smallest absolute Gasteiger partial charge is 0.326 e. The molecule has 0 saturated carbocycles. The molecule has 0 heterocycles. The van der Waals surface area contributed by atoms with Crippen LogP contribution in [0.25, 0.3) is 0 Å².